The van der Waals surface area contributed by atoms with Gasteiger partial charge in [0.2, 0.25) is 5.91 Å². The number of aromatic nitrogens is 1. The highest BCUT2D eigenvalue weighted by atomic mass is 32.2. The smallest absolute Gasteiger partial charge is 0.383 e. The fourth-order valence-corrected chi connectivity index (χ4v) is 5.16. The van der Waals surface area contributed by atoms with Crippen LogP contribution in [0.15, 0.2) is 100 Å². The van der Waals surface area contributed by atoms with Crippen molar-refractivity contribution in [3.63, 3.8) is 0 Å². The molecule has 1 amide bonds. The summed E-state index contributed by atoms with van der Waals surface area (Å²) in [6, 6.07) is -28.4. The van der Waals surface area contributed by atoms with Crippen LogP contribution in [0, 0.1) is 18.6 Å². The van der Waals surface area contributed by atoms with Crippen LogP contribution < -0.4 is 5.43 Å². The monoisotopic (exact) mass is 780 g/mol. The number of methoxy groups -OCH3 is 1. The third-order valence-corrected chi connectivity index (χ3v) is 7.78. The number of hydrogen-bond acceptors (Lipinski definition) is 5. The lowest BCUT2D eigenvalue weighted by atomic mass is 9.97. The van der Waals surface area contributed by atoms with Gasteiger partial charge in [0.05, 0.1) is 54.2 Å². The second-order valence-corrected chi connectivity index (χ2v) is 11.2. The van der Waals surface area contributed by atoms with Gasteiger partial charge in [-0.3, -0.25) is 9.59 Å². The maximum absolute atomic E-state index is 16.1. The zero-order valence-corrected chi connectivity index (χ0v) is 27.3. The summed E-state index contributed by atoms with van der Waals surface area (Å²) >= 11 is -0.276. The summed E-state index contributed by atoms with van der Waals surface area (Å²) in [6.45, 7) is -20.8. The average molecular weight is 781 g/mol. The number of benzene rings is 4. The van der Waals surface area contributed by atoms with Crippen molar-refractivity contribution < 1.29 is 74.0 Å². The molecule has 6 rings (SSSR count). The molecule has 0 unspecified atom stereocenters. The molecule has 0 saturated carbocycles. The molecule has 5 aromatic rings. The molecule has 2 heterocycles. The number of fused-ring (bicyclic) bond motifs is 1. The molecule has 12 heteroatoms. The Hall–Kier alpha value is -4.52. The number of alkyl halides is 3. The maximum atomic E-state index is 16.1. The van der Waals surface area contributed by atoms with Crippen LogP contribution in [0.4, 0.5) is 22.0 Å². The standard InChI is InChI=1S/C41H40F5N3O3S/c1-27-22-29(28-12-14-32(15-13-28)41(44,45)46)10-11-30(27)24-48(33-16-18-47(19-17-33)20-21-52-2)38(51)25-49-36-9-4-3-7-34(36)37(50)23-39(49)53-26-31-6-5-8-35(42)40(31)43/h3-15,22-23,33H,16-21,24-26H2,1-2H3/i2D3,3D,4D,5D,6D,7D,8D,9D,10D,11D,12D,13D,14D,15D,16D2,17D2,18D2,19D2,22D,23D,24D2,25D2,33D. The predicted molar refractivity (Wildman–Crippen MR) is 198 cm³/mol. The van der Waals surface area contributed by atoms with E-state index in [1.807, 2.05) is 0 Å². The molecule has 1 aliphatic heterocycles. The molecule has 0 bridgehead atoms. The Bertz CT molecular complexity index is 3570. The van der Waals surface area contributed by atoms with Crippen molar-refractivity contribution in [3.8, 4) is 11.1 Å². The molecule has 278 valence electrons. The van der Waals surface area contributed by atoms with Gasteiger partial charge < -0.3 is 19.1 Å². The van der Waals surface area contributed by atoms with Gasteiger partial charge in [-0.25, -0.2) is 8.78 Å². The van der Waals surface area contributed by atoms with Gasteiger partial charge in [-0.1, -0.05) is 54.4 Å². The second-order valence-electron chi connectivity index (χ2n) is 10.3. The van der Waals surface area contributed by atoms with Crippen molar-refractivity contribution >= 4 is 28.6 Å². The molecule has 1 aliphatic rings. The average Bonchev–Trinajstić information content (AvgIpc) is 0.672. The number of carbonyl (C=O) groups is 1. The molecule has 1 saturated heterocycles. The number of pyridine rings is 1. The quantitative estimate of drug-likeness (QED) is 0.0938. The Morgan fingerprint density at radius 3 is 2.49 bits per heavy atom. The maximum Gasteiger partial charge on any atom is 0.416 e. The number of rotatable bonds is 12. The first-order valence-corrected chi connectivity index (χ1v) is 15.5. The van der Waals surface area contributed by atoms with Gasteiger partial charge >= 0.3 is 6.18 Å². The minimum atomic E-state index is -5.58. The highest BCUT2D eigenvalue weighted by Crippen LogP contribution is 2.32. The first kappa shape index (κ1) is 15.3. The fourth-order valence-electron chi connectivity index (χ4n) is 4.25. The third kappa shape index (κ3) is 9.00. The minimum Gasteiger partial charge on any atom is -0.383 e. The third-order valence-electron chi connectivity index (χ3n) is 6.79. The Morgan fingerprint density at radius 1 is 1.02 bits per heavy atom. The van der Waals surface area contributed by atoms with E-state index in [1.165, 1.54) is 0 Å². The van der Waals surface area contributed by atoms with Crippen molar-refractivity contribution in [2.45, 2.75) is 55.6 Å². The van der Waals surface area contributed by atoms with Crippen LogP contribution in [-0.4, -0.2) is 59.5 Å². The van der Waals surface area contributed by atoms with E-state index < -0.39 is 250 Å². The number of thioether (sulfide) groups is 1. The number of nitrogens with zero attached hydrogens (tertiary/aromatic N) is 3. The van der Waals surface area contributed by atoms with Crippen LogP contribution in [0.1, 0.15) is 77.5 Å². The SMILES string of the molecule is [2H]c1c([2H])c(F)c(F)c(CSc2c([2H])c(=O)c3c([2H])c([2H])c([2H])c([2H])c3n2C([2H])([2H])C(=O)N(C([2H])([2H])c2c([2H])c([2H])c(-c3c([2H])c([2H])c(C(F)(F)F)c([2H])c3[2H])c([2H])c2C)C2([2H])C([2H])([2H])C([2H])([2H])N(CCOC([2H])([2H])[2H])C([2H])([2H])C2([2H])[2H])c1[2H]. The topological polar surface area (TPSA) is 54.8 Å². The molecular formula is C41H40F5N3O3S. The van der Waals surface area contributed by atoms with E-state index in [-0.39, 0.29) is 16.3 Å². The van der Waals surface area contributed by atoms with E-state index in [0.717, 1.165) is 0 Å². The molecule has 0 spiro atoms. The second kappa shape index (κ2) is 16.7. The van der Waals surface area contributed by atoms with Gasteiger partial charge in [-0.2, -0.15) is 13.2 Å². The number of piperidine rings is 1. The summed E-state index contributed by atoms with van der Waals surface area (Å²) in [6.07, 6.45) is -15.3. The molecule has 53 heavy (non-hydrogen) atoms. The van der Waals surface area contributed by atoms with E-state index in [1.54, 1.807) is 0 Å². The molecule has 0 radical (unpaired) electrons. The molecule has 1 aromatic heterocycles. The number of hydrogen-bond donors (Lipinski definition) is 0. The van der Waals surface area contributed by atoms with Gasteiger partial charge in [-0.15, -0.1) is 11.8 Å². The number of likely N-dealkylation sites (tertiary alicyclic amines) is 1. The van der Waals surface area contributed by atoms with Crippen molar-refractivity contribution in [2.75, 3.05) is 33.2 Å². The highest BCUT2D eigenvalue weighted by Gasteiger charge is 2.31. The van der Waals surface area contributed by atoms with Crippen molar-refractivity contribution in [2.24, 2.45) is 0 Å². The summed E-state index contributed by atoms with van der Waals surface area (Å²) in [5.41, 5.74) is -12.4. The molecule has 0 N–H and O–H groups in total. The Morgan fingerprint density at radius 2 is 1.75 bits per heavy atom. The summed E-state index contributed by atoms with van der Waals surface area (Å²) in [5.74, 6) is -8.54. The van der Waals surface area contributed by atoms with Gasteiger partial charge in [0.1, 0.15) is 6.50 Å². The lowest BCUT2D eigenvalue weighted by molar-refractivity contribution is -0.137. The molecule has 1 fully saturated rings. The van der Waals surface area contributed by atoms with E-state index in [9.17, 15) is 34.7 Å². The number of amides is 1. The Kier molecular flexibility index (Phi) is 4.81. The van der Waals surface area contributed by atoms with Gasteiger partial charge in [-0.05, 0) is 72.1 Å². The van der Waals surface area contributed by atoms with Crippen LogP contribution in [-0.2, 0) is 34.5 Å². The molecular weight excluding hydrogens is 710 g/mol. The van der Waals surface area contributed by atoms with Gasteiger partial charge in [0, 0.05) is 72.8 Å². The van der Waals surface area contributed by atoms with Crippen molar-refractivity contribution in [1.29, 1.82) is 0 Å². The Balaban J connectivity index is 1.83. The summed E-state index contributed by atoms with van der Waals surface area (Å²) in [5, 5.41) is -2.91. The first-order chi connectivity index (χ1) is 37.8. The van der Waals surface area contributed by atoms with E-state index >= 15 is 9.18 Å². The summed E-state index contributed by atoms with van der Waals surface area (Å²) < 4.78 is 348. The number of halogens is 5. The molecule has 0 aliphatic carbocycles. The minimum absolute atomic E-state index is 0.276. The number of para-hydroxylation sites is 1. The zero-order valence-electron chi connectivity index (χ0n) is 57.5. The van der Waals surface area contributed by atoms with Crippen LogP contribution in [0.3, 0.4) is 0 Å². The van der Waals surface area contributed by atoms with E-state index in [2.05, 4.69) is 4.74 Å². The highest BCUT2D eigenvalue weighted by molar-refractivity contribution is 7.98. The van der Waals surface area contributed by atoms with Gasteiger partial charge in [0.15, 0.2) is 17.1 Å². The first-order valence-electron chi connectivity index (χ1n) is 30.0. The van der Waals surface area contributed by atoms with E-state index in [0.29, 0.717) is 6.92 Å². The van der Waals surface area contributed by atoms with Crippen LogP contribution in [0.5, 0.6) is 0 Å². The molecule has 4 aromatic carbocycles. The number of ether oxygens (including phenoxy) is 1. The fraction of sp³-hybridized carbons (Fsp3) is 0.317. The lowest BCUT2D eigenvalue weighted by Crippen LogP contribution is -2.48. The van der Waals surface area contributed by atoms with Crippen LogP contribution in [0.2, 0.25) is 0 Å². The Labute approximate surface area is 352 Å². The summed E-state index contributed by atoms with van der Waals surface area (Å²) in [7, 11) is -3.36. The van der Waals surface area contributed by atoms with Crippen molar-refractivity contribution in [1.82, 2.24) is 14.4 Å². The van der Waals surface area contributed by atoms with Crippen LogP contribution in [0.25, 0.3) is 22.0 Å². The molecule has 6 nitrogen and oxygen atoms in total. The largest absolute Gasteiger partial charge is 0.416 e. The zero-order chi connectivity index (χ0) is 64.9. The van der Waals surface area contributed by atoms with Gasteiger partial charge in [0.25, 0.3) is 0 Å². The van der Waals surface area contributed by atoms with Crippen molar-refractivity contribution in [3.05, 3.63) is 135 Å². The van der Waals surface area contributed by atoms with Crippen LogP contribution >= 0.6 is 11.8 Å². The van der Waals surface area contributed by atoms with E-state index in [4.69, 9.17) is 30.2 Å². The predicted octanol–water partition coefficient (Wildman–Crippen LogP) is 8.71. The summed E-state index contributed by atoms with van der Waals surface area (Å²) in [4.78, 5) is 28.6. The lowest BCUT2D eigenvalue weighted by Gasteiger charge is -2.39. The number of carbonyl (C=O) groups excluding carboxylic acids is 1. The molecule has 0 atom stereocenters. The normalized spacial score (nSPS) is 27.8.